The second-order valence-corrected chi connectivity index (χ2v) is 6.88. The van der Waals surface area contributed by atoms with Gasteiger partial charge in [-0.15, -0.1) is 0 Å². The van der Waals surface area contributed by atoms with Gasteiger partial charge in [-0.05, 0) is 62.2 Å². The molecule has 3 rings (SSSR count). The van der Waals surface area contributed by atoms with E-state index in [1.165, 1.54) is 5.56 Å². The van der Waals surface area contributed by atoms with Crippen LogP contribution in [0.4, 0.5) is 0 Å². The summed E-state index contributed by atoms with van der Waals surface area (Å²) in [6, 6.07) is 13.7. The highest BCUT2D eigenvalue weighted by molar-refractivity contribution is 5.83. The van der Waals surface area contributed by atoms with Crippen molar-refractivity contribution in [3.05, 3.63) is 75.1 Å². The van der Waals surface area contributed by atoms with Crippen LogP contribution in [0.2, 0.25) is 0 Å². The van der Waals surface area contributed by atoms with Crippen molar-refractivity contribution in [3.63, 3.8) is 0 Å². The lowest BCUT2D eigenvalue weighted by Gasteiger charge is -2.18. The minimum absolute atomic E-state index is 0.300. The Bertz CT molecular complexity index is 975. The molecule has 0 N–H and O–H groups in total. The van der Waals surface area contributed by atoms with E-state index in [0.29, 0.717) is 18.7 Å². The third-order valence-electron chi connectivity index (χ3n) is 4.69. The molecule has 26 heavy (non-hydrogen) atoms. The molecular formula is C22H25NO3. The van der Waals surface area contributed by atoms with Gasteiger partial charge in [0.25, 0.3) is 0 Å². The smallest absolute Gasteiger partial charge is 0.336 e. The fraction of sp³-hybridized carbons (Fsp3) is 0.318. The number of nitrogens with zero attached hydrogens (tertiary/aromatic N) is 1. The lowest BCUT2D eigenvalue weighted by atomic mass is 10.0. The van der Waals surface area contributed by atoms with Crippen molar-refractivity contribution in [2.24, 2.45) is 0 Å². The van der Waals surface area contributed by atoms with Gasteiger partial charge in [0.1, 0.15) is 17.9 Å². The van der Waals surface area contributed by atoms with Gasteiger partial charge in [-0.2, -0.15) is 0 Å². The van der Waals surface area contributed by atoms with E-state index in [4.69, 9.17) is 9.15 Å². The van der Waals surface area contributed by atoms with Crippen molar-refractivity contribution in [2.45, 2.75) is 27.3 Å². The van der Waals surface area contributed by atoms with Crippen LogP contribution in [0.1, 0.15) is 22.3 Å². The van der Waals surface area contributed by atoms with Crippen molar-refractivity contribution in [3.8, 4) is 5.75 Å². The number of likely N-dealkylation sites (N-methyl/N-ethyl adjacent to an activating group) is 1. The molecule has 4 heteroatoms. The highest BCUT2D eigenvalue weighted by atomic mass is 16.5. The Kier molecular flexibility index (Phi) is 5.43. The standard InChI is InChI=1S/C22H25NO3/c1-15-6-5-7-19(12-15)25-11-10-23(4)14-18-13-21(24)26-22-17(3)16(2)8-9-20(18)22/h5-9,12-13H,10-11,14H2,1-4H3. The topological polar surface area (TPSA) is 42.7 Å². The molecule has 136 valence electrons. The number of ether oxygens (including phenoxy) is 1. The van der Waals surface area contributed by atoms with Gasteiger partial charge in [0.2, 0.25) is 0 Å². The van der Waals surface area contributed by atoms with Gasteiger partial charge in [-0.3, -0.25) is 4.90 Å². The van der Waals surface area contributed by atoms with Crippen molar-refractivity contribution in [1.82, 2.24) is 4.90 Å². The zero-order valence-electron chi connectivity index (χ0n) is 15.8. The summed E-state index contributed by atoms with van der Waals surface area (Å²) in [5.41, 5.74) is 4.70. The van der Waals surface area contributed by atoms with E-state index in [2.05, 4.69) is 24.0 Å². The van der Waals surface area contributed by atoms with Gasteiger partial charge < -0.3 is 9.15 Å². The van der Waals surface area contributed by atoms with E-state index < -0.39 is 0 Å². The molecule has 0 aliphatic rings. The average Bonchev–Trinajstić information content (AvgIpc) is 2.58. The Morgan fingerprint density at radius 3 is 2.65 bits per heavy atom. The number of aryl methyl sites for hydroxylation is 3. The zero-order valence-corrected chi connectivity index (χ0v) is 15.8. The van der Waals surface area contributed by atoms with E-state index in [9.17, 15) is 4.79 Å². The Morgan fingerprint density at radius 1 is 1.08 bits per heavy atom. The zero-order chi connectivity index (χ0) is 18.7. The molecule has 1 heterocycles. The van der Waals surface area contributed by atoms with Crippen molar-refractivity contribution in [2.75, 3.05) is 20.2 Å². The predicted molar refractivity (Wildman–Crippen MR) is 105 cm³/mol. The van der Waals surface area contributed by atoms with Crippen LogP contribution in [0.25, 0.3) is 11.0 Å². The van der Waals surface area contributed by atoms with Gasteiger partial charge in [-0.25, -0.2) is 4.79 Å². The molecule has 0 aliphatic carbocycles. The molecule has 1 aromatic heterocycles. The van der Waals surface area contributed by atoms with Crippen LogP contribution in [-0.4, -0.2) is 25.1 Å². The summed E-state index contributed by atoms with van der Waals surface area (Å²) >= 11 is 0. The summed E-state index contributed by atoms with van der Waals surface area (Å²) in [6.07, 6.45) is 0. The summed E-state index contributed by atoms with van der Waals surface area (Å²) in [5.74, 6) is 0.885. The molecule has 4 nitrogen and oxygen atoms in total. The Labute approximate surface area is 154 Å². The molecule has 0 fully saturated rings. The molecule has 0 saturated heterocycles. The number of fused-ring (bicyclic) bond motifs is 1. The summed E-state index contributed by atoms with van der Waals surface area (Å²) in [4.78, 5) is 14.1. The molecule has 0 amide bonds. The first-order valence-corrected chi connectivity index (χ1v) is 8.85. The van der Waals surface area contributed by atoms with E-state index in [1.54, 1.807) is 6.07 Å². The van der Waals surface area contributed by atoms with Gasteiger partial charge in [0, 0.05) is 24.5 Å². The minimum Gasteiger partial charge on any atom is -0.492 e. The molecule has 0 atom stereocenters. The van der Waals surface area contributed by atoms with Crippen LogP contribution in [-0.2, 0) is 6.54 Å². The van der Waals surface area contributed by atoms with Crippen LogP contribution < -0.4 is 10.4 Å². The fourth-order valence-corrected chi connectivity index (χ4v) is 3.05. The van der Waals surface area contributed by atoms with Crippen molar-refractivity contribution in [1.29, 1.82) is 0 Å². The molecule has 2 aromatic carbocycles. The highest BCUT2D eigenvalue weighted by Gasteiger charge is 2.11. The van der Waals surface area contributed by atoms with Gasteiger partial charge in [-0.1, -0.05) is 24.3 Å². The summed E-state index contributed by atoms with van der Waals surface area (Å²) in [6.45, 7) is 8.09. The number of benzene rings is 2. The highest BCUT2D eigenvalue weighted by Crippen LogP contribution is 2.24. The maximum absolute atomic E-state index is 12.0. The van der Waals surface area contributed by atoms with Crippen LogP contribution in [0, 0.1) is 20.8 Å². The Hall–Kier alpha value is -2.59. The molecule has 3 aromatic rings. The molecular weight excluding hydrogens is 326 g/mol. The van der Waals surface area contributed by atoms with Crippen LogP contribution in [0.15, 0.2) is 51.7 Å². The maximum atomic E-state index is 12.0. The summed E-state index contributed by atoms with van der Waals surface area (Å²) in [7, 11) is 2.03. The van der Waals surface area contributed by atoms with E-state index in [1.807, 2.05) is 45.2 Å². The first-order chi connectivity index (χ1) is 12.4. The minimum atomic E-state index is -0.300. The van der Waals surface area contributed by atoms with Crippen molar-refractivity contribution < 1.29 is 9.15 Å². The third kappa shape index (κ3) is 4.14. The average molecular weight is 351 g/mol. The van der Waals surface area contributed by atoms with Crippen LogP contribution in [0.5, 0.6) is 5.75 Å². The lowest BCUT2D eigenvalue weighted by molar-refractivity contribution is 0.233. The van der Waals surface area contributed by atoms with Crippen LogP contribution >= 0.6 is 0 Å². The number of hydrogen-bond donors (Lipinski definition) is 0. The quantitative estimate of drug-likeness (QED) is 0.623. The summed E-state index contributed by atoms with van der Waals surface area (Å²) < 4.78 is 11.3. The first kappa shape index (κ1) is 18.2. The summed E-state index contributed by atoms with van der Waals surface area (Å²) in [5, 5.41) is 0.999. The number of hydrogen-bond acceptors (Lipinski definition) is 4. The van der Waals surface area contributed by atoms with Gasteiger partial charge in [0.05, 0.1) is 0 Å². The monoisotopic (exact) mass is 351 g/mol. The number of rotatable bonds is 6. The third-order valence-corrected chi connectivity index (χ3v) is 4.69. The molecule has 0 unspecified atom stereocenters. The Morgan fingerprint density at radius 2 is 1.88 bits per heavy atom. The van der Waals surface area contributed by atoms with Crippen LogP contribution in [0.3, 0.4) is 0 Å². The first-order valence-electron chi connectivity index (χ1n) is 8.85. The molecule has 0 radical (unpaired) electrons. The Balaban J connectivity index is 1.70. The van der Waals surface area contributed by atoms with E-state index in [0.717, 1.165) is 34.4 Å². The van der Waals surface area contributed by atoms with E-state index in [-0.39, 0.29) is 5.63 Å². The molecule has 0 spiro atoms. The SMILES string of the molecule is Cc1cccc(OCCN(C)Cc2cc(=O)oc3c(C)c(C)ccc23)c1. The van der Waals surface area contributed by atoms with E-state index >= 15 is 0 Å². The largest absolute Gasteiger partial charge is 0.492 e. The van der Waals surface area contributed by atoms with Gasteiger partial charge >= 0.3 is 5.63 Å². The molecule has 0 bridgehead atoms. The lowest BCUT2D eigenvalue weighted by Crippen LogP contribution is -2.24. The van der Waals surface area contributed by atoms with Gasteiger partial charge in [0.15, 0.2) is 0 Å². The molecule has 0 saturated carbocycles. The predicted octanol–water partition coefficient (Wildman–Crippen LogP) is 4.23. The molecule has 0 aliphatic heterocycles. The maximum Gasteiger partial charge on any atom is 0.336 e. The van der Waals surface area contributed by atoms with Crippen molar-refractivity contribution >= 4 is 11.0 Å². The fourth-order valence-electron chi connectivity index (χ4n) is 3.05. The second kappa shape index (κ2) is 7.75. The normalized spacial score (nSPS) is 11.3. The second-order valence-electron chi connectivity index (χ2n) is 6.88.